The van der Waals surface area contributed by atoms with Crippen molar-refractivity contribution in [1.29, 1.82) is 0 Å². The zero-order valence-electron chi connectivity index (χ0n) is 12.0. The van der Waals surface area contributed by atoms with E-state index in [9.17, 15) is 0 Å². The summed E-state index contributed by atoms with van der Waals surface area (Å²) < 4.78 is 12.0. The van der Waals surface area contributed by atoms with Gasteiger partial charge in [0.25, 0.3) is 0 Å². The molecule has 0 fully saturated rings. The molecule has 5 heteroatoms. The van der Waals surface area contributed by atoms with Crippen LogP contribution in [0.25, 0.3) is 0 Å². The highest BCUT2D eigenvalue weighted by atomic mass is 79.9. The molecule has 0 bridgehead atoms. The van der Waals surface area contributed by atoms with Gasteiger partial charge in [0.2, 0.25) is 6.79 Å². The predicted octanol–water partition coefficient (Wildman–Crippen LogP) is 3.86. The van der Waals surface area contributed by atoms with Crippen molar-refractivity contribution in [2.75, 3.05) is 31.1 Å². The van der Waals surface area contributed by atoms with Crippen LogP contribution < -0.4 is 19.7 Å². The smallest absolute Gasteiger partial charge is 0.231 e. The van der Waals surface area contributed by atoms with E-state index in [1.807, 2.05) is 38.4 Å². The molecular formula is C16H17BrN2O2. The lowest BCUT2D eigenvalue weighted by atomic mass is 10.1. The molecule has 2 aromatic carbocycles. The van der Waals surface area contributed by atoms with Gasteiger partial charge in [-0.25, -0.2) is 0 Å². The average molecular weight is 349 g/mol. The number of nitrogens with zero attached hydrogens (tertiary/aromatic N) is 1. The van der Waals surface area contributed by atoms with Crippen molar-refractivity contribution in [3.05, 3.63) is 46.4 Å². The molecule has 0 atom stereocenters. The maximum absolute atomic E-state index is 5.54. The van der Waals surface area contributed by atoms with Gasteiger partial charge in [-0.05, 0) is 24.3 Å². The second kappa shape index (κ2) is 5.85. The first-order valence-electron chi connectivity index (χ1n) is 6.73. The highest BCUT2D eigenvalue weighted by Gasteiger charge is 2.17. The first kappa shape index (κ1) is 14.1. The largest absolute Gasteiger partial charge is 0.454 e. The molecule has 0 amide bonds. The van der Waals surface area contributed by atoms with Gasteiger partial charge in [-0.15, -0.1) is 0 Å². The Morgan fingerprint density at radius 3 is 2.86 bits per heavy atom. The van der Waals surface area contributed by atoms with Crippen LogP contribution in [0.3, 0.4) is 0 Å². The summed E-state index contributed by atoms with van der Waals surface area (Å²) in [7, 11) is 4.07. The van der Waals surface area contributed by atoms with Gasteiger partial charge in [0, 0.05) is 30.7 Å². The van der Waals surface area contributed by atoms with Gasteiger partial charge < -0.3 is 19.7 Å². The number of anilines is 2. The minimum absolute atomic E-state index is 0.298. The summed E-state index contributed by atoms with van der Waals surface area (Å²) in [6.45, 7) is 0.982. The van der Waals surface area contributed by atoms with Crippen LogP contribution in [0, 0.1) is 0 Å². The predicted molar refractivity (Wildman–Crippen MR) is 88.4 cm³/mol. The van der Waals surface area contributed by atoms with Crippen molar-refractivity contribution < 1.29 is 9.47 Å². The minimum atomic E-state index is 0.298. The quantitative estimate of drug-likeness (QED) is 0.909. The zero-order valence-corrected chi connectivity index (χ0v) is 13.6. The van der Waals surface area contributed by atoms with Gasteiger partial charge in [0.1, 0.15) is 0 Å². The number of rotatable bonds is 4. The Morgan fingerprint density at radius 2 is 2.05 bits per heavy atom. The van der Waals surface area contributed by atoms with E-state index in [2.05, 4.69) is 38.3 Å². The zero-order chi connectivity index (χ0) is 14.8. The lowest BCUT2D eigenvalue weighted by Crippen LogP contribution is -2.12. The van der Waals surface area contributed by atoms with E-state index in [0.717, 1.165) is 32.9 Å². The van der Waals surface area contributed by atoms with Crippen LogP contribution in [0.4, 0.5) is 11.4 Å². The Kier molecular flexibility index (Phi) is 3.92. The van der Waals surface area contributed by atoms with Crippen LogP contribution in [0.1, 0.15) is 5.56 Å². The molecule has 0 aliphatic carbocycles. The molecule has 0 saturated heterocycles. The monoisotopic (exact) mass is 348 g/mol. The van der Waals surface area contributed by atoms with E-state index in [0.29, 0.717) is 13.3 Å². The van der Waals surface area contributed by atoms with Crippen LogP contribution >= 0.6 is 15.9 Å². The molecule has 0 radical (unpaired) electrons. The molecule has 1 heterocycles. The third kappa shape index (κ3) is 2.93. The van der Waals surface area contributed by atoms with Crippen LogP contribution in [-0.2, 0) is 6.54 Å². The maximum Gasteiger partial charge on any atom is 0.231 e. The summed E-state index contributed by atoms with van der Waals surface area (Å²) in [6.07, 6.45) is 0. The van der Waals surface area contributed by atoms with E-state index in [1.54, 1.807) is 0 Å². The number of halogens is 1. The summed E-state index contributed by atoms with van der Waals surface area (Å²) >= 11 is 3.52. The minimum Gasteiger partial charge on any atom is -0.454 e. The molecular weight excluding hydrogens is 332 g/mol. The fourth-order valence-electron chi connectivity index (χ4n) is 2.36. The summed E-state index contributed by atoms with van der Waals surface area (Å²) in [6, 6.07) is 12.2. The molecule has 4 nitrogen and oxygen atoms in total. The number of ether oxygens (including phenoxy) is 2. The molecule has 21 heavy (non-hydrogen) atoms. The van der Waals surface area contributed by atoms with Gasteiger partial charge in [0.15, 0.2) is 11.5 Å². The molecule has 0 saturated carbocycles. The summed E-state index contributed by atoms with van der Waals surface area (Å²) in [4.78, 5) is 2.09. The van der Waals surface area contributed by atoms with Crippen LogP contribution in [0.2, 0.25) is 0 Å². The van der Waals surface area contributed by atoms with E-state index < -0.39 is 0 Å². The van der Waals surface area contributed by atoms with E-state index >= 15 is 0 Å². The Hall–Kier alpha value is -1.88. The second-order valence-electron chi connectivity index (χ2n) is 5.06. The molecule has 1 aliphatic rings. The number of para-hydroxylation sites is 1. The van der Waals surface area contributed by atoms with Crippen molar-refractivity contribution in [3.63, 3.8) is 0 Å². The molecule has 0 unspecified atom stereocenters. The third-order valence-corrected chi connectivity index (χ3v) is 3.88. The third-order valence-electron chi connectivity index (χ3n) is 3.39. The Morgan fingerprint density at radius 1 is 1.19 bits per heavy atom. The first-order valence-corrected chi connectivity index (χ1v) is 7.52. The number of fused-ring (bicyclic) bond motifs is 1. The highest BCUT2D eigenvalue weighted by Crippen LogP contribution is 2.36. The molecule has 2 aromatic rings. The number of hydrogen-bond acceptors (Lipinski definition) is 4. The topological polar surface area (TPSA) is 33.7 Å². The standard InChI is InChI=1S/C16H17BrN2O2/c1-19(2)14-7-6-12(17)8-13(14)18-9-11-4-3-5-15-16(11)21-10-20-15/h3-8,18H,9-10H2,1-2H3. The highest BCUT2D eigenvalue weighted by molar-refractivity contribution is 9.10. The van der Waals surface area contributed by atoms with Gasteiger partial charge >= 0.3 is 0 Å². The van der Waals surface area contributed by atoms with Crippen LogP contribution in [-0.4, -0.2) is 20.9 Å². The fourth-order valence-corrected chi connectivity index (χ4v) is 2.72. The van der Waals surface area contributed by atoms with Gasteiger partial charge in [-0.2, -0.15) is 0 Å². The Labute approximate surface area is 132 Å². The van der Waals surface area contributed by atoms with E-state index in [4.69, 9.17) is 9.47 Å². The lowest BCUT2D eigenvalue weighted by molar-refractivity contribution is 0.173. The summed E-state index contributed by atoms with van der Waals surface area (Å²) in [5.41, 5.74) is 3.31. The number of hydrogen-bond donors (Lipinski definition) is 1. The first-order chi connectivity index (χ1) is 10.1. The molecule has 1 N–H and O–H groups in total. The van der Waals surface area contributed by atoms with Crippen LogP contribution in [0.15, 0.2) is 40.9 Å². The lowest BCUT2D eigenvalue weighted by Gasteiger charge is -2.19. The average Bonchev–Trinajstić information content (AvgIpc) is 2.93. The van der Waals surface area contributed by atoms with Crippen molar-refractivity contribution in [2.24, 2.45) is 0 Å². The number of benzene rings is 2. The molecule has 0 aromatic heterocycles. The van der Waals surface area contributed by atoms with Crippen molar-refractivity contribution in [3.8, 4) is 11.5 Å². The molecule has 110 valence electrons. The molecule has 0 spiro atoms. The normalized spacial score (nSPS) is 12.3. The summed E-state index contributed by atoms with van der Waals surface area (Å²) in [5.74, 6) is 1.66. The Bertz CT molecular complexity index is 659. The van der Waals surface area contributed by atoms with E-state index in [1.165, 1.54) is 0 Å². The van der Waals surface area contributed by atoms with Crippen LogP contribution in [0.5, 0.6) is 11.5 Å². The Balaban J connectivity index is 1.83. The van der Waals surface area contributed by atoms with E-state index in [-0.39, 0.29) is 0 Å². The van der Waals surface area contributed by atoms with Crippen molar-refractivity contribution >= 4 is 27.3 Å². The number of nitrogens with one attached hydrogen (secondary N) is 1. The maximum atomic E-state index is 5.54. The van der Waals surface area contributed by atoms with Crippen molar-refractivity contribution in [2.45, 2.75) is 6.54 Å². The van der Waals surface area contributed by atoms with Gasteiger partial charge in [-0.3, -0.25) is 0 Å². The van der Waals surface area contributed by atoms with Gasteiger partial charge in [-0.1, -0.05) is 28.1 Å². The molecule has 1 aliphatic heterocycles. The molecule has 3 rings (SSSR count). The fraction of sp³-hybridized carbons (Fsp3) is 0.250. The SMILES string of the molecule is CN(C)c1ccc(Br)cc1NCc1cccc2c1OCO2. The summed E-state index contributed by atoms with van der Waals surface area (Å²) in [5, 5.41) is 3.47. The second-order valence-corrected chi connectivity index (χ2v) is 5.98. The van der Waals surface area contributed by atoms with Crippen molar-refractivity contribution in [1.82, 2.24) is 0 Å². The van der Waals surface area contributed by atoms with Gasteiger partial charge in [0.05, 0.1) is 11.4 Å².